The van der Waals surface area contributed by atoms with Crippen molar-refractivity contribution in [1.29, 1.82) is 0 Å². The SMILES string of the molecule is Cc1nc(C)c2c(n1)N(Cc1ccc(-c3ccccc3-c3nnn(C(=O)OCCCON(O)O)n3)cc1)C(=O)CC2. The van der Waals surface area contributed by atoms with Gasteiger partial charge in [-0.05, 0) is 42.2 Å². The second kappa shape index (κ2) is 12.3. The molecule has 14 nitrogen and oxygen atoms in total. The lowest BCUT2D eigenvalue weighted by Crippen LogP contribution is -2.36. The molecule has 0 spiro atoms. The van der Waals surface area contributed by atoms with Crippen molar-refractivity contribution in [3.05, 3.63) is 71.2 Å². The first kappa shape index (κ1) is 27.9. The van der Waals surface area contributed by atoms with E-state index in [2.05, 4.69) is 30.2 Å². The van der Waals surface area contributed by atoms with Crippen molar-refractivity contribution in [2.24, 2.45) is 0 Å². The molecule has 41 heavy (non-hydrogen) atoms. The molecule has 5 rings (SSSR count). The van der Waals surface area contributed by atoms with Crippen molar-refractivity contribution >= 4 is 17.8 Å². The van der Waals surface area contributed by atoms with E-state index in [1.165, 1.54) is 0 Å². The number of rotatable bonds is 9. The number of benzene rings is 2. The summed E-state index contributed by atoms with van der Waals surface area (Å²) < 4.78 is 5.05. The molecule has 2 aromatic carbocycles. The second-order valence-corrected chi connectivity index (χ2v) is 9.34. The molecule has 3 heterocycles. The first-order valence-corrected chi connectivity index (χ1v) is 12.9. The van der Waals surface area contributed by atoms with E-state index in [4.69, 9.17) is 15.2 Å². The number of carbonyl (C=O) groups is 2. The third-order valence-electron chi connectivity index (χ3n) is 6.52. The van der Waals surface area contributed by atoms with Crippen molar-refractivity contribution < 1.29 is 29.6 Å². The van der Waals surface area contributed by atoms with Crippen LogP contribution in [0.5, 0.6) is 0 Å². The maximum absolute atomic E-state index is 12.8. The van der Waals surface area contributed by atoms with Gasteiger partial charge >= 0.3 is 6.09 Å². The monoisotopic (exact) mass is 560 g/mol. The summed E-state index contributed by atoms with van der Waals surface area (Å²) in [5.41, 5.74) is 5.26. The van der Waals surface area contributed by atoms with Crippen LogP contribution in [-0.4, -0.2) is 71.2 Å². The average molecular weight is 561 g/mol. The third-order valence-corrected chi connectivity index (χ3v) is 6.52. The maximum atomic E-state index is 12.8. The van der Waals surface area contributed by atoms with E-state index < -0.39 is 11.5 Å². The molecule has 0 radical (unpaired) electrons. The Labute approximate surface area is 234 Å². The van der Waals surface area contributed by atoms with Gasteiger partial charge < -0.3 is 4.74 Å². The number of nitrogens with zero attached hydrogens (tertiary/aromatic N) is 8. The lowest BCUT2D eigenvalue weighted by atomic mass is 9.98. The van der Waals surface area contributed by atoms with Crippen molar-refractivity contribution in [2.75, 3.05) is 18.1 Å². The summed E-state index contributed by atoms with van der Waals surface area (Å²) >= 11 is 0. The molecule has 1 aliphatic heterocycles. The molecule has 0 saturated carbocycles. The summed E-state index contributed by atoms with van der Waals surface area (Å²) in [6, 6.07) is 15.3. The molecule has 2 N–H and O–H groups in total. The molecule has 0 atom stereocenters. The Morgan fingerprint density at radius 1 is 1.00 bits per heavy atom. The number of hydrogen-bond acceptors (Lipinski definition) is 12. The molecule has 0 fully saturated rings. The summed E-state index contributed by atoms with van der Waals surface area (Å²) in [6.45, 7) is 4.05. The van der Waals surface area contributed by atoms with Gasteiger partial charge in [0.05, 0.1) is 25.1 Å². The first-order chi connectivity index (χ1) is 19.8. The minimum Gasteiger partial charge on any atom is -0.447 e. The van der Waals surface area contributed by atoms with Crippen molar-refractivity contribution in [3.63, 3.8) is 0 Å². The zero-order valence-electron chi connectivity index (χ0n) is 22.5. The fourth-order valence-corrected chi connectivity index (χ4v) is 4.61. The molecule has 212 valence electrons. The number of tetrazole rings is 1. The highest BCUT2D eigenvalue weighted by Gasteiger charge is 2.27. The summed E-state index contributed by atoms with van der Waals surface area (Å²) in [5.74, 6) is 1.59. The zero-order chi connectivity index (χ0) is 28.9. The molecule has 1 aliphatic rings. The summed E-state index contributed by atoms with van der Waals surface area (Å²) in [4.78, 5) is 41.0. The topological polar surface area (TPSA) is 169 Å². The highest BCUT2D eigenvalue weighted by molar-refractivity contribution is 5.95. The molecule has 0 saturated heterocycles. The number of carbonyl (C=O) groups excluding carboxylic acids is 2. The van der Waals surface area contributed by atoms with Crippen molar-refractivity contribution in [1.82, 2.24) is 35.6 Å². The van der Waals surface area contributed by atoms with Crippen LogP contribution < -0.4 is 4.90 Å². The number of fused-ring (bicyclic) bond motifs is 1. The number of hydrogen-bond donors (Lipinski definition) is 2. The van der Waals surface area contributed by atoms with Gasteiger partial charge in [-0.25, -0.2) is 14.8 Å². The van der Waals surface area contributed by atoms with E-state index in [0.717, 1.165) is 32.7 Å². The van der Waals surface area contributed by atoms with Crippen LogP contribution in [-0.2, 0) is 27.3 Å². The number of amides is 1. The fraction of sp³-hybridized carbons (Fsp3) is 0.296. The van der Waals surface area contributed by atoms with Crippen LogP contribution in [0.2, 0.25) is 0 Å². The van der Waals surface area contributed by atoms with E-state index in [1.807, 2.05) is 62.4 Å². The van der Waals surface area contributed by atoms with Crippen molar-refractivity contribution in [3.8, 4) is 22.5 Å². The largest absolute Gasteiger partial charge is 0.453 e. The van der Waals surface area contributed by atoms with Crippen LogP contribution in [0.1, 0.15) is 35.5 Å². The molecule has 2 aromatic heterocycles. The molecule has 4 aromatic rings. The quantitative estimate of drug-likeness (QED) is 0.227. The standard InChI is InChI=1S/C27H28N8O6/c1-17-21-12-13-24(36)33(26(21)29-18(2)28-17)16-19-8-10-20(11-9-19)22-6-3-4-7-23(22)25-30-32-34(31-25)27(37)40-14-5-15-41-35(38)39/h3-4,6-11,38-39H,5,12-16H2,1-2H3. The molecular weight excluding hydrogens is 532 g/mol. The predicted octanol–water partition coefficient (Wildman–Crippen LogP) is 3.28. The molecular formula is C27H28N8O6. The smallest absolute Gasteiger partial charge is 0.447 e. The Morgan fingerprint density at radius 3 is 2.51 bits per heavy atom. The number of aromatic nitrogens is 6. The Bertz CT molecular complexity index is 1560. The van der Waals surface area contributed by atoms with Crippen LogP contribution >= 0.6 is 0 Å². The predicted molar refractivity (Wildman–Crippen MR) is 142 cm³/mol. The Kier molecular flexibility index (Phi) is 8.35. The van der Waals surface area contributed by atoms with Crippen LogP contribution in [0.15, 0.2) is 48.5 Å². The highest BCUT2D eigenvalue weighted by Crippen LogP contribution is 2.32. The minimum absolute atomic E-state index is 0.0346. The van der Waals surface area contributed by atoms with E-state index in [9.17, 15) is 9.59 Å². The maximum Gasteiger partial charge on any atom is 0.453 e. The minimum atomic E-state index is -0.833. The van der Waals surface area contributed by atoms with Crippen molar-refractivity contribution in [2.45, 2.75) is 39.7 Å². The third kappa shape index (κ3) is 6.41. The van der Waals surface area contributed by atoms with Gasteiger partial charge in [-0.2, -0.15) is 0 Å². The Hall–Kier alpha value is -4.63. The van der Waals surface area contributed by atoms with Gasteiger partial charge in [-0.1, -0.05) is 53.3 Å². The van der Waals surface area contributed by atoms with Gasteiger partial charge in [0.15, 0.2) is 0 Å². The van der Waals surface area contributed by atoms with Crippen LogP contribution in [0, 0.1) is 13.8 Å². The average Bonchev–Trinajstić information content (AvgIpc) is 3.45. The van der Waals surface area contributed by atoms with Gasteiger partial charge in [-0.15, -0.1) is 10.2 Å². The zero-order valence-corrected chi connectivity index (χ0v) is 22.5. The van der Waals surface area contributed by atoms with Crippen LogP contribution in [0.3, 0.4) is 0 Å². The van der Waals surface area contributed by atoms with Gasteiger partial charge in [0.1, 0.15) is 11.6 Å². The lowest BCUT2D eigenvalue weighted by Gasteiger charge is -2.29. The van der Waals surface area contributed by atoms with E-state index >= 15 is 0 Å². The molecule has 0 bridgehead atoms. The number of anilines is 1. The van der Waals surface area contributed by atoms with Gasteiger partial charge in [0, 0.05) is 29.7 Å². The molecule has 0 aliphatic carbocycles. The highest BCUT2D eigenvalue weighted by atomic mass is 17.1. The number of ether oxygens (including phenoxy) is 1. The Balaban J connectivity index is 1.30. The summed E-state index contributed by atoms with van der Waals surface area (Å²) in [5, 5.41) is 28.6. The van der Waals surface area contributed by atoms with Crippen LogP contribution in [0.25, 0.3) is 22.5 Å². The van der Waals surface area contributed by atoms with E-state index in [1.54, 1.807) is 4.90 Å². The molecule has 14 heteroatoms. The molecule has 0 unspecified atom stereocenters. The second-order valence-electron chi connectivity index (χ2n) is 9.34. The van der Waals surface area contributed by atoms with E-state index in [0.29, 0.717) is 36.6 Å². The fourth-order valence-electron chi connectivity index (χ4n) is 4.61. The van der Waals surface area contributed by atoms with Gasteiger partial charge in [-0.3, -0.25) is 24.9 Å². The summed E-state index contributed by atoms with van der Waals surface area (Å²) in [7, 11) is 0. The lowest BCUT2D eigenvalue weighted by molar-refractivity contribution is -0.492. The van der Waals surface area contributed by atoms with Gasteiger partial charge in [0.25, 0.3) is 0 Å². The Morgan fingerprint density at radius 2 is 1.76 bits per heavy atom. The molecule has 1 amide bonds. The van der Waals surface area contributed by atoms with Crippen LogP contribution in [0.4, 0.5) is 10.6 Å². The normalized spacial score (nSPS) is 13.0. The van der Waals surface area contributed by atoms with E-state index in [-0.39, 0.29) is 31.4 Å². The first-order valence-electron chi connectivity index (χ1n) is 12.9. The van der Waals surface area contributed by atoms with Gasteiger partial charge in [0.2, 0.25) is 11.7 Å². The number of aryl methyl sites for hydroxylation is 2. The summed E-state index contributed by atoms with van der Waals surface area (Å²) in [6.07, 6.45) is 0.453.